The molecule has 0 radical (unpaired) electrons. The van der Waals surface area contributed by atoms with E-state index in [0.29, 0.717) is 20.4 Å². The lowest BCUT2D eigenvalue weighted by Gasteiger charge is -2.01. The third kappa shape index (κ3) is 2.90. The van der Waals surface area contributed by atoms with Crippen LogP contribution in [0.2, 0.25) is 0 Å². The van der Waals surface area contributed by atoms with Crippen molar-refractivity contribution in [3.63, 3.8) is 0 Å². The molecule has 0 amide bonds. The molecule has 84 valence electrons. The van der Waals surface area contributed by atoms with Gasteiger partial charge in [-0.1, -0.05) is 32.4 Å². The van der Waals surface area contributed by atoms with Gasteiger partial charge in [-0.15, -0.1) is 16.7 Å². The summed E-state index contributed by atoms with van der Waals surface area (Å²) < 4.78 is 19.0. The summed E-state index contributed by atoms with van der Waals surface area (Å²) in [5.41, 5.74) is 0. The highest BCUT2D eigenvalue weighted by Crippen LogP contribution is 2.28. The van der Waals surface area contributed by atoms with Gasteiger partial charge in [-0.25, -0.2) is 4.39 Å². The van der Waals surface area contributed by atoms with Gasteiger partial charge < -0.3 is 4.74 Å². The standard InChI is InChI=1S/C9H5BrClFN2OS/c10-5-1-6(12)3-7(2-5)15-9-14-13-8(4-11)16-9/h1-3H,4H2. The number of ether oxygens (including phenoxy) is 1. The summed E-state index contributed by atoms with van der Waals surface area (Å²) in [7, 11) is 0. The molecule has 0 aliphatic heterocycles. The summed E-state index contributed by atoms with van der Waals surface area (Å²) >= 11 is 9.98. The Labute approximate surface area is 108 Å². The number of hydrogen-bond donors (Lipinski definition) is 0. The molecule has 0 aliphatic carbocycles. The fraction of sp³-hybridized carbons (Fsp3) is 0.111. The summed E-state index contributed by atoms with van der Waals surface area (Å²) in [6, 6.07) is 4.26. The molecule has 2 rings (SSSR count). The van der Waals surface area contributed by atoms with Gasteiger partial charge in [0.25, 0.3) is 5.19 Å². The second-order valence-electron chi connectivity index (χ2n) is 2.80. The molecule has 7 heteroatoms. The van der Waals surface area contributed by atoms with Crippen molar-refractivity contribution >= 4 is 38.9 Å². The number of halogens is 3. The SMILES string of the molecule is Fc1cc(Br)cc(Oc2nnc(CCl)s2)c1. The Morgan fingerprint density at radius 2 is 2.19 bits per heavy atom. The summed E-state index contributed by atoms with van der Waals surface area (Å²) in [5, 5.41) is 8.55. The lowest BCUT2D eigenvalue weighted by atomic mass is 10.3. The summed E-state index contributed by atoms with van der Waals surface area (Å²) in [6.45, 7) is 0. The third-order valence-electron chi connectivity index (χ3n) is 1.60. The average Bonchev–Trinajstić information content (AvgIpc) is 2.64. The van der Waals surface area contributed by atoms with Crippen molar-refractivity contribution in [1.29, 1.82) is 0 Å². The maximum Gasteiger partial charge on any atom is 0.299 e. The van der Waals surface area contributed by atoms with Crippen LogP contribution in [-0.2, 0) is 5.88 Å². The minimum atomic E-state index is -0.383. The Hall–Kier alpha value is -0.720. The van der Waals surface area contributed by atoms with E-state index in [1.54, 1.807) is 6.07 Å². The molecule has 0 unspecified atom stereocenters. The third-order valence-corrected chi connectivity index (χ3v) is 3.27. The van der Waals surface area contributed by atoms with Crippen LogP contribution in [-0.4, -0.2) is 10.2 Å². The Bertz CT molecular complexity index is 488. The largest absolute Gasteiger partial charge is 0.430 e. The van der Waals surface area contributed by atoms with Gasteiger partial charge in [0.2, 0.25) is 0 Å². The molecule has 1 aromatic heterocycles. The number of rotatable bonds is 3. The number of benzene rings is 1. The second-order valence-corrected chi connectivity index (χ2v) is 5.01. The Morgan fingerprint density at radius 3 is 2.81 bits per heavy atom. The number of aromatic nitrogens is 2. The zero-order chi connectivity index (χ0) is 11.5. The van der Waals surface area contributed by atoms with Gasteiger partial charge in [0.1, 0.15) is 16.6 Å². The average molecular weight is 324 g/mol. The molecule has 0 saturated heterocycles. The predicted molar refractivity (Wildman–Crippen MR) is 63.6 cm³/mol. The molecule has 2 aromatic rings. The quantitative estimate of drug-likeness (QED) is 0.802. The zero-order valence-electron chi connectivity index (χ0n) is 7.78. The number of hydrogen-bond acceptors (Lipinski definition) is 4. The van der Waals surface area contributed by atoms with Crippen LogP contribution in [0.4, 0.5) is 4.39 Å². The molecule has 16 heavy (non-hydrogen) atoms. The minimum Gasteiger partial charge on any atom is -0.430 e. The van der Waals surface area contributed by atoms with Crippen LogP contribution >= 0.6 is 38.9 Å². The van der Waals surface area contributed by atoms with Gasteiger partial charge in [-0.3, -0.25) is 0 Å². The van der Waals surface area contributed by atoms with E-state index in [-0.39, 0.29) is 11.7 Å². The fourth-order valence-electron chi connectivity index (χ4n) is 1.02. The molecule has 0 aliphatic rings. The molecule has 1 heterocycles. The van der Waals surface area contributed by atoms with Gasteiger partial charge in [0.05, 0.1) is 5.88 Å². The highest BCUT2D eigenvalue weighted by molar-refractivity contribution is 9.10. The number of alkyl halides is 1. The molecular weight excluding hydrogens is 319 g/mol. The smallest absolute Gasteiger partial charge is 0.299 e. The van der Waals surface area contributed by atoms with Crippen LogP contribution in [0, 0.1) is 5.82 Å². The normalized spacial score (nSPS) is 10.4. The van der Waals surface area contributed by atoms with Crippen LogP contribution < -0.4 is 4.74 Å². The molecular formula is C9H5BrClFN2OS. The lowest BCUT2D eigenvalue weighted by Crippen LogP contribution is -1.85. The van der Waals surface area contributed by atoms with E-state index in [9.17, 15) is 4.39 Å². The Balaban J connectivity index is 2.19. The number of nitrogens with zero attached hydrogens (tertiary/aromatic N) is 2. The minimum absolute atomic E-state index is 0.286. The van der Waals surface area contributed by atoms with Crippen molar-refractivity contribution in [2.45, 2.75) is 5.88 Å². The molecule has 0 bridgehead atoms. The monoisotopic (exact) mass is 322 g/mol. The van der Waals surface area contributed by atoms with Crippen molar-refractivity contribution in [2.24, 2.45) is 0 Å². The lowest BCUT2D eigenvalue weighted by molar-refractivity contribution is 0.467. The van der Waals surface area contributed by atoms with Gasteiger partial charge in [0.15, 0.2) is 0 Å². The van der Waals surface area contributed by atoms with Crippen LogP contribution in [0.5, 0.6) is 10.9 Å². The first-order chi connectivity index (χ1) is 7.67. The van der Waals surface area contributed by atoms with Crippen LogP contribution in [0.15, 0.2) is 22.7 Å². The molecule has 0 N–H and O–H groups in total. The van der Waals surface area contributed by atoms with Gasteiger partial charge in [0, 0.05) is 10.5 Å². The first kappa shape index (κ1) is 11.8. The van der Waals surface area contributed by atoms with Crippen LogP contribution in [0.1, 0.15) is 5.01 Å². The van der Waals surface area contributed by atoms with Crippen molar-refractivity contribution < 1.29 is 9.13 Å². The van der Waals surface area contributed by atoms with Gasteiger partial charge in [-0.05, 0) is 12.1 Å². The topological polar surface area (TPSA) is 35.0 Å². The predicted octanol–water partition coefficient (Wildman–Crippen LogP) is 3.97. The van der Waals surface area contributed by atoms with E-state index in [2.05, 4.69) is 26.1 Å². The summed E-state index contributed by atoms with van der Waals surface area (Å²) in [6.07, 6.45) is 0. The van der Waals surface area contributed by atoms with Crippen molar-refractivity contribution in [3.8, 4) is 10.9 Å². The first-order valence-corrected chi connectivity index (χ1v) is 6.34. The molecule has 3 nitrogen and oxygen atoms in total. The molecule has 0 spiro atoms. The molecule has 0 saturated carbocycles. The van der Waals surface area contributed by atoms with Crippen LogP contribution in [0.25, 0.3) is 0 Å². The van der Waals surface area contributed by atoms with E-state index in [1.807, 2.05) is 0 Å². The maximum atomic E-state index is 13.0. The van der Waals surface area contributed by atoms with Crippen molar-refractivity contribution in [2.75, 3.05) is 0 Å². The highest BCUT2D eigenvalue weighted by atomic mass is 79.9. The molecule has 1 aromatic carbocycles. The van der Waals surface area contributed by atoms with E-state index >= 15 is 0 Å². The fourth-order valence-corrected chi connectivity index (χ4v) is 2.24. The zero-order valence-corrected chi connectivity index (χ0v) is 10.9. The van der Waals surface area contributed by atoms with E-state index < -0.39 is 0 Å². The van der Waals surface area contributed by atoms with E-state index in [0.717, 1.165) is 0 Å². The Morgan fingerprint density at radius 1 is 1.38 bits per heavy atom. The van der Waals surface area contributed by atoms with Crippen molar-refractivity contribution in [3.05, 3.63) is 33.5 Å². The van der Waals surface area contributed by atoms with Gasteiger partial charge in [-0.2, -0.15) is 0 Å². The maximum absolute atomic E-state index is 13.0. The second kappa shape index (κ2) is 5.07. The van der Waals surface area contributed by atoms with E-state index in [4.69, 9.17) is 16.3 Å². The first-order valence-electron chi connectivity index (χ1n) is 4.19. The molecule has 0 atom stereocenters. The molecule has 0 fully saturated rings. The van der Waals surface area contributed by atoms with Crippen molar-refractivity contribution in [1.82, 2.24) is 10.2 Å². The van der Waals surface area contributed by atoms with Gasteiger partial charge >= 0.3 is 0 Å². The Kier molecular flexibility index (Phi) is 3.73. The highest BCUT2D eigenvalue weighted by Gasteiger charge is 2.07. The summed E-state index contributed by atoms with van der Waals surface area (Å²) in [4.78, 5) is 0. The van der Waals surface area contributed by atoms with Crippen LogP contribution in [0.3, 0.4) is 0 Å². The van der Waals surface area contributed by atoms with E-state index in [1.165, 1.54) is 23.5 Å². The summed E-state index contributed by atoms with van der Waals surface area (Å²) in [5.74, 6) is 0.268.